The summed E-state index contributed by atoms with van der Waals surface area (Å²) in [4.78, 5) is 0.115. The number of rotatable bonds is 3. The summed E-state index contributed by atoms with van der Waals surface area (Å²) in [7, 11) is -3.90. The van der Waals surface area contributed by atoms with Crippen molar-refractivity contribution in [1.82, 2.24) is 0 Å². The lowest BCUT2D eigenvalue weighted by molar-refractivity contribution is 0.348. The molecule has 0 saturated carbocycles. The first-order chi connectivity index (χ1) is 11.0. The Hall–Kier alpha value is -2.28. The van der Waals surface area contributed by atoms with Crippen molar-refractivity contribution in [3.63, 3.8) is 0 Å². The van der Waals surface area contributed by atoms with Crippen LogP contribution in [0.25, 0.3) is 0 Å². The molecule has 5 nitrogen and oxygen atoms in total. The molecular weight excluding hydrogens is 321 g/mol. The van der Waals surface area contributed by atoms with Gasteiger partial charge in [-0.1, -0.05) is 6.07 Å². The van der Waals surface area contributed by atoms with E-state index in [2.05, 4.69) is 4.72 Å². The Morgan fingerprint density at radius 1 is 1.09 bits per heavy atom. The molecule has 0 fully saturated rings. The number of benzene rings is 2. The van der Waals surface area contributed by atoms with E-state index in [4.69, 9.17) is 9.47 Å². The first-order valence-electron chi connectivity index (χ1n) is 7.27. The molecule has 0 spiro atoms. The second-order valence-corrected chi connectivity index (χ2v) is 7.10. The molecule has 23 heavy (non-hydrogen) atoms. The second kappa shape index (κ2) is 5.13. The van der Waals surface area contributed by atoms with Crippen molar-refractivity contribution in [1.29, 1.82) is 0 Å². The Labute approximate surface area is 133 Å². The molecule has 0 bridgehead atoms. The third-order valence-corrected chi connectivity index (χ3v) is 5.42. The number of halogens is 1. The van der Waals surface area contributed by atoms with Crippen molar-refractivity contribution in [3.05, 3.63) is 47.3 Å². The third kappa shape index (κ3) is 2.41. The predicted molar refractivity (Wildman–Crippen MR) is 82.0 cm³/mol. The van der Waals surface area contributed by atoms with Crippen LogP contribution in [0.4, 0.5) is 10.1 Å². The molecule has 2 aromatic carbocycles. The summed E-state index contributed by atoms with van der Waals surface area (Å²) in [6.45, 7) is 0.890. The number of ether oxygens (including phenoxy) is 2. The molecule has 120 valence electrons. The van der Waals surface area contributed by atoms with Crippen LogP contribution in [0, 0.1) is 5.82 Å². The summed E-state index contributed by atoms with van der Waals surface area (Å²) in [5, 5.41) is 0. The first-order valence-corrected chi connectivity index (χ1v) is 8.76. The quantitative estimate of drug-likeness (QED) is 0.936. The number of sulfonamides is 1. The van der Waals surface area contributed by atoms with Gasteiger partial charge in [-0.25, -0.2) is 12.8 Å². The molecule has 1 N–H and O–H groups in total. The standard InChI is InChI=1S/C16H14FNO4S/c17-11-2-1-3-12(9-11)18-23(19,20)16-13-5-7-21-14(13)8-10-4-6-22-15(10)16/h1-3,8-9,18H,4-7H2. The van der Waals surface area contributed by atoms with E-state index in [0.717, 1.165) is 11.6 Å². The SMILES string of the molecule is O=S(=O)(Nc1cccc(F)c1)c1c2c(cc3c1OCC3)OCC2. The molecule has 0 radical (unpaired) electrons. The molecule has 2 aliphatic heterocycles. The Morgan fingerprint density at radius 2 is 1.91 bits per heavy atom. The molecule has 2 aliphatic rings. The van der Waals surface area contributed by atoms with Crippen molar-refractivity contribution >= 4 is 15.7 Å². The van der Waals surface area contributed by atoms with Crippen LogP contribution >= 0.6 is 0 Å². The number of nitrogens with one attached hydrogen (secondary N) is 1. The number of fused-ring (bicyclic) bond motifs is 2. The lowest BCUT2D eigenvalue weighted by atomic mass is 10.1. The van der Waals surface area contributed by atoms with Gasteiger partial charge in [-0.2, -0.15) is 0 Å². The van der Waals surface area contributed by atoms with Gasteiger partial charge in [0.2, 0.25) is 0 Å². The molecule has 0 unspecified atom stereocenters. The summed E-state index contributed by atoms with van der Waals surface area (Å²) in [6.07, 6.45) is 1.15. The molecule has 7 heteroatoms. The van der Waals surface area contributed by atoms with Gasteiger partial charge < -0.3 is 9.47 Å². The maximum absolute atomic E-state index is 13.3. The van der Waals surface area contributed by atoms with Gasteiger partial charge in [-0.3, -0.25) is 4.72 Å². The number of anilines is 1. The third-order valence-electron chi connectivity index (χ3n) is 3.95. The van der Waals surface area contributed by atoms with E-state index in [1.54, 1.807) is 0 Å². The Kier molecular flexibility index (Phi) is 3.19. The normalized spacial score (nSPS) is 15.5. The minimum Gasteiger partial charge on any atom is -0.493 e. The zero-order valence-electron chi connectivity index (χ0n) is 12.1. The fourth-order valence-corrected chi connectivity index (χ4v) is 4.48. The van der Waals surface area contributed by atoms with E-state index in [1.807, 2.05) is 6.07 Å². The van der Waals surface area contributed by atoms with Gasteiger partial charge in [0.05, 0.1) is 18.9 Å². The first kappa shape index (κ1) is 14.3. The molecule has 2 aromatic rings. The van der Waals surface area contributed by atoms with E-state index >= 15 is 0 Å². The summed E-state index contributed by atoms with van der Waals surface area (Å²) >= 11 is 0. The highest BCUT2D eigenvalue weighted by atomic mass is 32.2. The molecule has 0 amide bonds. The molecule has 0 saturated heterocycles. The summed E-state index contributed by atoms with van der Waals surface area (Å²) in [5.74, 6) is 0.473. The molecule has 2 heterocycles. The maximum atomic E-state index is 13.3. The zero-order chi connectivity index (χ0) is 16.0. The lowest BCUT2D eigenvalue weighted by Crippen LogP contribution is -2.16. The average molecular weight is 335 g/mol. The van der Waals surface area contributed by atoms with E-state index < -0.39 is 15.8 Å². The largest absolute Gasteiger partial charge is 0.493 e. The second-order valence-electron chi connectivity index (χ2n) is 5.48. The van der Waals surface area contributed by atoms with Crippen LogP contribution in [0.5, 0.6) is 11.5 Å². The monoisotopic (exact) mass is 335 g/mol. The minimum atomic E-state index is -3.90. The van der Waals surface area contributed by atoms with Crippen LogP contribution in [0.2, 0.25) is 0 Å². The number of hydrogen-bond donors (Lipinski definition) is 1. The fourth-order valence-electron chi connectivity index (χ4n) is 2.98. The highest BCUT2D eigenvalue weighted by Gasteiger charge is 2.33. The van der Waals surface area contributed by atoms with Crippen LogP contribution in [0.15, 0.2) is 35.2 Å². The summed E-state index contributed by atoms with van der Waals surface area (Å²) in [5.41, 5.74) is 1.62. The van der Waals surface area contributed by atoms with Crippen molar-refractivity contribution in [2.75, 3.05) is 17.9 Å². The fraction of sp³-hybridized carbons (Fsp3) is 0.250. The molecule has 4 rings (SSSR count). The molecule has 0 atom stereocenters. The maximum Gasteiger partial charge on any atom is 0.266 e. The van der Waals surface area contributed by atoms with Gasteiger partial charge >= 0.3 is 0 Å². The van der Waals surface area contributed by atoms with Gasteiger partial charge in [0.1, 0.15) is 22.2 Å². The predicted octanol–water partition coefficient (Wildman–Crippen LogP) is 2.50. The molecule has 0 aromatic heterocycles. The van der Waals surface area contributed by atoms with E-state index in [9.17, 15) is 12.8 Å². The smallest absolute Gasteiger partial charge is 0.266 e. The van der Waals surface area contributed by atoms with Gasteiger partial charge in [0.15, 0.2) is 0 Å². The van der Waals surface area contributed by atoms with E-state index in [1.165, 1.54) is 18.2 Å². The minimum absolute atomic E-state index is 0.115. The van der Waals surface area contributed by atoms with Crippen LogP contribution in [0.3, 0.4) is 0 Å². The average Bonchev–Trinajstić information content (AvgIpc) is 3.11. The van der Waals surface area contributed by atoms with Crippen LogP contribution < -0.4 is 14.2 Å². The van der Waals surface area contributed by atoms with Crippen molar-refractivity contribution < 1.29 is 22.3 Å². The van der Waals surface area contributed by atoms with Crippen molar-refractivity contribution in [2.45, 2.75) is 17.7 Å². The Bertz CT molecular complexity index is 863. The van der Waals surface area contributed by atoms with Crippen LogP contribution in [-0.2, 0) is 22.9 Å². The van der Waals surface area contributed by atoms with Gasteiger partial charge in [-0.15, -0.1) is 0 Å². The molecule has 0 aliphatic carbocycles. The number of hydrogen-bond acceptors (Lipinski definition) is 4. The van der Waals surface area contributed by atoms with E-state index in [0.29, 0.717) is 43.1 Å². The van der Waals surface area contributed by atoms with Crippen molar-refractivity contribution in [3.8, 4) is 11.5 Å². The van der Waals surface area contributed by atoms with Crippen LogP contribution in [-0.4, -0.2) is 21.6 Å². The Morgan fingerprint density at radius 3 is 2.74 bits per heavy atom. The van der Waals surface area contributed by atoms with Gasteiger partial charge in [-0.05, 0) is 24.3 Å². The Balaban J connectivity index is 1.84. The highest BCUT2D eigenvalue weighted by molar-refractivity contribution is 7.92. The lowest BCUT2D eigenvalue weighted by Gasteiger charge is -2.14. The summed E-state index contributed by atoms with van der Waals surface area (Å²) in [6, 6.07) is 7.20. The van der Waals surface area contributed by atoms with Crippen molar-refractivity contribution in [2.24, 2.45) is 0 Å². The topological polar surface area (TPSA) is 64.6 Å². The van der Waals surface area contributed by atoms with Gasteiger partial charge in [0.25, 0.3) is 10.0 Å². The molecular formula is C16H14FNO4S. The van der Waals surface area contributed by atoms with E-state index in [-0.39, 0.29) is 10.6 Å². The zero-order valence-corrected chi connectivity index (χ0v) is 13.0. The van der Waals surface area contributed by atoms with Crippen LogP contribution in [0.1, 0.15) is 11.1 Å². The summed E-state index contributed by atoms with van der Waals surface area (Å²) < 4.78 is 52.5. The highest BCUT2D eigenvalue weighted by Crippen LogP contribution is 2.43. The van der Waals surface area contributed by atoms with Gasteiger partial charge in [0, 0.05) is 24.0 Å².